The van der Waals surface area contributed by atoms with Crippen LogP contribution in [-0.2, 0) is 21.2 Å². The van der Waals surface area contributed by atoms with E-state index < -0.39 is 15.6 Å². The van der Waals surface area contributed by atoms with Crippen molar-refractivity contribution in [2.24, 2.45) is 0 Å². The minimum Gasteiger partial charge on any atom is -0.399 e. The average molecular weight is 325 g/mol. The molecule has 0 spiro atoms. The van der Waals surface area contributed by atoms with Crippen molar-refractivity contribution >= 4 is 21.6 Å². The van der Waals surface area contributed by atoms with Gasteiger partial charge in [-0.3, -0.25) is 4.79 Å². The highest BCUT2D eigenvalue weighted by atomic mass is 32.2. The van der Waals surface area contributed by atoms with Crippen molar-refractivity contribution in [3.63, 3.8) is 0 Å². The lowest BCUT2D eigenvalue weighted by Gasteiger charge is -2.31. The Morgan fingerprint density at radius 1 is 1.36 bits per heavy atom. The van der Waals surface area contributed by atoms with Gasteiger partial charge in [0.1, 0.15) is 5.54 Å². The highest BCUT2D eigenvalue weighted by Gasteiger charge is 2.33. The quantitative estimate of drug-likeness (QED) is 0.721. The van der Waals surface area contributed by atoms with Crippen LogP contribution < -0.4 is 15.8 Å². The molecule has 0 aromatic heterocycles. The van der Waals surface area contributed by atoms with Gasteiger partial charge in [0, 0.05) is 5.69 Å². The molecule has 1 aliphatic carbocycles. The molecule has 1 unspecified atom stereocenters. The minimum atomic E-state index is -3.46. The van der Waals surface area contributed by atoms with Crippen molar-refractivity contribution in [1.29, 1.82) is 0 Å². The summed E-state index contributed by atoms with van der Waals surface area (Å²) < 4.78 is 25.1. The van der Waals surface area contributed by atoms with E-state index in [9.17, 15) is 13.2 Å². The lowest BCUT2D eigenvalue weighted by Crippen LogP contribution is -2.55. The number of aryl methyl sites for hydroxylation is 1. The summed E-state index contributed by atoms with van der Waals surface area (Å²) in [4.78, 5) is 12.4. The van der Waals surface area contributed by atoms with E-state index in [1.807, 2.05) is 18.2 Å². The summed E-state index contributed by atoms with van der Waals surface area (Å²) in [6.07, 6.45) is 3.78. The fourth-order valence-electron chi connectivity index (χ4n) is 2.83. The zero-order valence-corrected chi connectivity index (χ0v) is 14.0. The van der Waals surface area contributed by atoms with E-state index in [4.69, 9.17) is 5.73 Å². The molecule has 1 aromatic rings. The number of benzene rings is 1. The Morgan fingerprint density at radius 2 is 2.05 bits per heavy atom. The number of carbonyl (C=O) groups is 1. The highest BCUT2D eigenvalue weighted by molar-refractivity contribution is 7.88. The van der Waals surface area contributed by atoms with Gasteiger partial charge in [-0.2, -0.15) is 0 Å². The summed E-state index contributed by atoms with van der Waals surface area (Å²) in [6, 6.07) is 5.58. The molecule has 0 aliphatic heterocycles. The fraction of sp³-hybridized carbons (Fsp3) is 0.533. The van der Waals surface area contributed by atoms with Crippen molar-refractivity contribution in [3.8, 4) is 0 Å². The average Bonchev–Trinajstić information content (AvgIpc) is 2.35. The van der Waals surface area contributed by atoms with Gasteiger partial charge < -0.3 is 11.1 Å². The molecular weight excluding hydrogens is 302 g/mol. The summed E-state index contributed by atoms with van der Waals surface area (Å²) in [7, 11) is -3.46. The van der Waals surface area contributed by atoms with Gasteiger partial charge in [-0.15, -0.1) is 0 Å². The smallest absolute Gasteiger partial charge is 0.241 e. The lowest BCUT2D eigenvalue weighted by molar-refractivity contribution is -0.126. The number of hydrogen-bond acceptors (Lipinski definition) is 4. The van der Waals surface area contributed by atoms with Crippen LogP contribution in [0.1, 0.15) is 43.9 Å². The van der Waals surface area contributed by atoms with Crippen molar-refractivity contribution in [2.45, 2.75) is 44.7 Å². The van der Waals surface area contributed by atoms with Gasteiger partial charge >= 0.3 is 0 Å². The Labute approximate surface area is 131 Å². The molecule has 0 heterocycles. The predicted molar refractivity (Wildman–Crippen MR) is 86.7 cm³/mol. The summed E-state index contributed by atoms with van der Waals surface area (Å²) in [5.74, 6) is -0.340. The van der Waals surface area contributed by atoms with Gasteiger partial charge in [0.05, 0.1) is 12.3 Å². The van der Waals surface area contributed by atoms with E-state index in [1.54, 1.807) is 13.8 Å². The van der Waals surface area contributed by atoms with Crippen LogP contribution in [0.3, 0.4) is 0 Å². The van der Waals surface area contributed by atoms with Crippen molar-refractivity contribution in [2.75, 3.05) is 12.0 Å². The van der Waals surface area contributed by atoms with Gasteiger partial charge in [0.2, 0.25) is 15.9 Å². The van der Waals surface area contributed by atoms with Crippen LogP contribution in [0.5, 0.6) is 0 Å². The minimum absolute atomic E-state index is 0.113. The monoisotopic (exact) mass is 325 g/mol. The number of nitrogens with two attached hydrogens (primary N) is 1. The van der Waals surface area contributed by atoms with Crippen LogP contribution in [-0.4, -0.2) is 26.1 Å². The largest absolute Gasteiger partial charge is 0.399 e. The Kier molecular flexibility index (Phi) is 4.49. The van der Waals surface area contributed by atoms with Crippen LogP contribution in [0.2, 0.25) is 0 Å². The maximum absolute atomic E-state index is 12.4. The maximum Gasteiger partial charge on any atom is 0.241 e. The van der Waals surface area contributed by atoms with E-state index >= 15 is 0 Å². The second-order valence-electron chi connectivity index (χ2n) is 6.38. The molecule has 1 amide bonds. The molecule has 6 nitrogen and oxygen atoms in total. The molecule has 7 heteroatoms. The number of hydrogen-bond donors (Lipinski definition) is 3. The first kappa shape index (κ1) is 16.8. The highest BCUT2D eigenvalue weighted by Crippen LogP contribution is 2.31. The summed E-state index contributed by atoms with van der Waals surface area (Å²) in [6.45, 7) is 3.10. The number of fused-ring (bicyclic) bond motifs is 1. The second-order valence-corrected chi connectivity index (χ2v) is 8.12. The van der Waals surface area contributed by atoms with E-state index in [1.165, 1.54) is 0 Å². The number of rotatable bonds is 4. The molecule has 22 heavy (non-hydrogen) atoms. The van der Waals surface area contributed by atoms with Gasteiger partial charge in [-0.25, -0.2) is 13.1 Å². The zero-order valence-electron chi connectivity index (χ0n) is 13.1. The number of carbonyl (C=O) groups excluding carboxylic acids is 1. The van der Waals surface area contributed by atoms with E-state index in [-0.39, 0.29) is 11.9 Å². The number of nitrogens with one attached hydrogen (secondary N) is 2. The third-order valence-corrected chi connectivity index (χ3v) is 4.68. The normalized spacial score (nSPS) is 18.6. The fourth-order valence-corrected chi connectivity index (χ4v) is 3.85. The third-order valence-electron chi connectivity index (χ3n) is 3.79. The first-order valence-electron chi connectivity index (χ1n) is 7.27. The summed E-state index contributed by atoms with van der Waals surface area (Å²) >= 11 is 0. The van der Waals surface area contributed by atoms with Crippen molar-refractivity contribution in [3.05, 3.63) is 29.3 Å². The number of amides is 1. The topological polar surface area (TPSA) is 101 Å². The SMILES string of the molecule is CC(C)(NS(C)(=O)=O)C(=O)NC1CCCc2cc(N)ccc21. The Bertz CT molecular complexity index is 683. The van der Waals surface area contributed by atoms with Gasteiger partial charge in [0.25, 0.3) is 0 Å². The molecule has 0 fully saturated rings. The Balaban J connectivity index is 2.17. The number of anilines is 1. The van der Waals surface area contributed by atoms with Gasteiger partial charge in [-0.1, -0.05) is 6.07 Å². The number of sulfonamides is 1. The van der Waals surface area contributed by atoms with Crippen LogP contribution in [0.25, 0.3) is 0 Å². The first-order chi connectivity index (χ1) is 10.1. The molecule has 0 bridgehead atoms. The third kappa shape index (κ3) is 3.98. The molecule has 2 rings (SSSR count). The molecule has 1 aliphatic rings. The lowest BCUT2D eigenvalue weighted by atomic mass is 9.87. The van der Waals surface area contributed by atoms with E-state index in [0.717, 1.165) is 36.6 Å². The summed E-state index contributed by atoms with van der Waals surface area (Å²) in [5, 5.41) is 2.95. The van der Waals surface area contributed by atoms with E-state index in [2.05, 4.69) is 10.0 Å². The Hall–Kier alpha value is -1.60. The van der Waals surface area contributed by atoms with Crippen LogP contribution in [0.15, 0.2) is 18.2 Å². The molecular formula is C15H23N3O3S. The molecule has 0 saturated heterocycles. The van der Waals surface area contributed by atoms with E-state index in [0.29, 0.717) is 5.69 Å². The van der Waals surface area contributed by atoms with Crippen molar-refractivity contribution in [1.82, 2.24) is 10.0 Å². The first-order valence-corrected chi connectivity index (χ1v) is 9.16. The van der Waals surface area contributed by atoms with Gasteiger partial charge in [0.15, 0.2) is 0 Å². The molecule has 4 N–H and O–H groups in total. The van der Waals surface area contributed by atoms with Crippen molar-refractivity contribution < 1.29 is 13.2 Å². The molecule has 1 atom stereocenters. The molecule has 1 aromatic carbocycles. The van der Waals surface area contributed by atoms with Crippen LogP contribution in [0.4, 0.5) is 5.69 Å². The molecule has 0 radical (unpaired) electrons. The molecule has 122 valence electrons. The maximum atomic E-state index is 12.4. The summed E-state index contributed by atoms with van der Waals surface area (Å²) in [5.41, 5.74) is 7.52. The zero-order chi connectivity index (χ0) is 16.5. The van der Waals surface area contributed by atoms with Crippen LogP contribution in [0, 0.1) is 0 Å². The predicted octanol–water partition coefficient (Wildman–Crippen LogP) is 1.09. The Morgan fingerprint density at radius 3 is 2.68 bits per heavy atom. The number of nitrogen functional groups attached to an aromatic ring is 1. The van der Waals surface area contributed by atoms with Gasteiger partial charge in [-0.05, 0) is 56.4 Å². The second kappa shape index (κ2) is 5.89. The molecule has 0 saturated carbocycles. The van der Waals surface area contributed by atoms with Crippen LogP contribution >= 0.6 is 0 Å². The standard InChI is InChI=1S/C15H23N3O3S/c1-15(2,18-22(3,20)21)14(19)17-13-6-4-5-10-9-11(16)7-8-12(10)13/h7-9,13,18H,4-6,16H2,1-3H3,(H,17,19).